The molecule has 0 aliphatic carbocycles. The highest BCUT2D eigenvalue weighted by atomic mass is 32.2. The molecule has 0 bridgehead atoms. The SMILES string of the molecule is Cc1csc(NC(=O)CSc2nc(CC(=O)NCCc3ccccc3)cc(=O)[nH]2)n1. The highest BCUT2D eigenvalue weighted by Crippen LogP contribution is 2.16. The van der Waals surface area contributed by atoms with Gasteiger partial charge in [0.2, 0.25) is 11.8 Å². The van der Waals surface area contributed by atoms with Crippen LogP contribution in [0.4, 0.5) is 5.13 Å². The number of amides is 2. The Morgan fingerprint density at radius 2 is 1.97 bits per heavy atom. The lowest BCUT2D eigenvalue weighted by Gasteiger charge is -2.06. The monoisotopic (exact) mass is 443 g/mol. The molecule has 0 aliphatic heterocycles. The van der Waals surface area contributed by atoms with E-state index in [1.54, 1.807) is 0 Å². The van der Waals surface area contributed by atoms with Gasteiger partial charge in [0.15, 0.2) is 10.3 Å². The number of benzene rings is 1. The van der Waals surface area contributed by atoms with E-state index in [1.807, 2.05) is 42.6 Å². The minimum atomic E-state index is -0.365. The van der Waals surface area contributed by atoms with Crippen LogP contribution in [-0.2, 0) is 22.4 Å². The van der Waals surface area contributed by atoms with Crippen LogP contribution in [0, 0.1) is 6.92 Å². The first-order chi connectivity index (χ1) is 14.5. The van der Waals surface area contributed by atoms with Gasteiger partial charge in [-0.25, -0.2) is 9.97 Å². The molecule has 0 aliphatic rings. The van der Waals surface area contributed by atoms with Gasteiger partial charge in [-0.05, 0) is 18.9 Å². The molecule has 3 rings (SSSR count). The number of carbonyl (C=O) groups is 2. The van der Waals surface area contributed by atoms with E-state index in [4.69, 9.17) is 0 Å². The van der Waals surface area contributed by atoms with Crippen molar-refractivity contribution in [3.8, 4) is 0 Å². The zero-order chi connectivity index (χ0) is 21.3. The van der Waals surface area contributed by atoms with Crippen molar-refractivity contribution in [2.24, 2.45) is 0 Å². The quantitative estimate of drug-likeness (QED) is 0.345. The second kappa shape index (κ2) is 10.7. The summed E-state index contributed by atoms with van der Waals surface area (Å²) >= 11 is 2.44. The van der Waals surface area contributed by atoms with Crippen LogP contribution in [0.3, 0.4) is 0 Å². The molecule has 0 radical (unpaired) electrons. The summed E-state index contributed by atoms with van der Waals surface area (Å²) in [4.78, 5) is 47.1. The first-order valence-electron chi connectivity index (χ1n) is 9.23. The van der Waals surface area contributed by atoms with Crippen molar-refractivity contribution in [2.75, 3.05) is 17.6 Å². The predicted molar refractivity (Wildman–Crippen MR) is 118 cm³/mol. The zero-order valence-electron chi connectivity index (χ0n) is 16.3. The molecule has 3 aromatic rings. The van der Waals surface area contributed by atoms with Crippen molar-refractivity contribution in [3.63, 3.8) is 0 Å². The number of nitrogens with one attached hydrogen (secondary N) is 3. The van der Waals surface area contributed by atoms with E-state index in [-0.39, 0.29) is 29.5 Å². The normalized spacial score (nSPS) is 10.6. The van der Waals surface area contributed by atoms with Crippen LogP contribution in [-0.4, -0.2) is 39.1 Å². The molecular weight excluding hydrogens is 422 g/mol. The molecule has 3 N–H and O–H groups in total. The van der Waals surface area contributed by atoms with Crippen LogP contribution < -0.4 is 16.2 Å². The maximum atomic E-state index is 12.2. The van der Waals surface area contributed by atoms with Gasteiger partial charge >= 0.3 is 0 Å². The van der Waals surface area contributed by atoms with Crippen LogP contribution in [0.15, 0.2) is 51.7 Å². The second-order valence-electron chi connectivity index (χ2n) is 6.44. The van der Waals surface area contributed by atoms with Gasteiger partial charge in [-0.3, -0.25) is 14.4 Å². The van der Waals surface area contributed by atoms with E-state index >= 15 is 0 Å². The third kappa shape index (κ3) is 7.12. The van der Waals surface area contributed by atoms with E-state index in [0.717, 1.165) is 29.4 Å². The molecular formula is C20H21N5O3S2. The van der Waals surface area contributed by atoms with Gasteiger partial charge in [0.25, 0.3) is 5.56 Å². The fraction of sp³-hybridized carbons (Fsp3) is 0.250. The molecule has 30 heavy (non-hydrogen) atoms. The molecule has 0 atom stereocenters. The molecule has 156 valence electrons. The molecule has 0 spiro atoms. The summed E-state index contributed by atoms with van der Waals surface area (Å²) < 4.78 is 0. The largest absolute Gasteiger partial charge is 0.355 e. The van der Waals surface area contributed by atoms with Crippen molar-refractivity contribution in [3.05, 3.63) is 69.1 Å². The molecule has 8 nitrogen and oxygen atoms in total. The lowest BCUT2D eigenvalue weighted by atomic mass is 10.1. The van der Waals surface area contributed by atoms with Gasteiger partial charge in [-0.1, -0.05) is 42.1 Å². The lowest BCUT2D eigenvalue weighted by Crippen LogP contribution is -2.28. The first kappa shape index (κ1) is 21.7. The number of aromatic amines is 1. The first-order valence-corrected chi connectivity index (χ1v) is 11.1. The van der Waals surface area contributed by atoms with Gasteiger partial charge in [0.1, 0.15) is 0 Å². The van der Waals surface area contributed by atoms with Gasteiger partial charge in [-0.2, -0.15) is 0 Å². The third-order valence-corrected chi connectivity index (χ3v) is 5.65. The number of thioether (sulfide) groups is 1. The molecule has 0 saturated carbocycles. The maximum absolute atomic E-state index is 12.2. The Kier molecular flexibility index (Phi) is 7.75. The van der Waals surface area contributed by atoms with Crippen LogP contribution in [0.1, 0.15) is 17.0 Å². The fourth-order valence-electron chi connectivity index (χ4n) is 2.56. The Labute approximate surface area is 181 Å². The molecule has 0 fully saturated rings. The number of aryl methyl sites for hydroxylation is 1. The number of hydrogen-bond acceptors (Lipinski definition) is 7. The molecule has 2 aromatic heterocycles. The van der Waals surface area contributed by atoms with Gasteiger partial charge in [0, 0.05) is 18.0 Å². The molecule has 10 heteroatoms. The highest BCUT2D eigenvalue weighted by Gasteiger charge is 2.10. The van der Waals surface area contributed by atoms with Crippen LogP contribution in [0.25, 0.3) is 0 Å². The Morgan fingerprint density at radius 3 is 2.70 bits per heavy atom. The van der Waals surface area contributed by atoms with Crippen molar-refractivity contribution in [1.29, 1.82) is 0 Å². The summed E-state index contributed by atoms with van der Waals surface area (Å²) in [5.41, 5.74) is 1.96. The average Bonchev–Trinajstić information content (AvgIpc) is 3.11. The fourth-order valence-corrected chi connectivity index (χ4v) is 3.96. The van der Waals surface area contributed by atoms with E-state index in [2.05, 4.69) is 25.6 Å². The van der Waals surface area contributed by atoms with Gasteiger partial charge in [-0.15, -0.1) is 11.3 Å². The third-order valence-electron chi connectivity index (χ3n) is 3.90. The number of H-pyrrole nitrogens is 1. The topological polar surface area (TPSA) is 117 Å². The van der Waals surface area contributed by atoms with Gasteiger partial charge in [0.05, 0.1) is 23.6 Å². The molecule has 1 aromatic carbocycles. The molecule has 2 heterocycles. The van der Waals surface area contributed by atoms with Crippen molar-refractivity contribution in [2.45, 2.75) is 24.9 Å². The van der Waals surface area contributed by atoms with E-state index in [1.165, 1.54) is 17.4 Å². The Bertz CT molecular complexity index is 1070. The van der Waals surface area contributed by atoms with Crippen LogP contribution in [0.2, 0.25) is 0 Å². The molecule has 0 unspecified atom stereocenters. The van der Waals surface area contributed by atoms with Crippen molar-refractivity contribution >= 4 is 40.0 Å². The number of thiazole rings is 1. The summed E-state index contributed by atoms with van der Waals surface area (Å²) in [5, 5.41) is 8.19. The summed E-state index contributed by atoms with van der Waals surface area (Å²) in [6.07, 6.45) is 0.723. The molecule has 2 amide bonds. The van der Waals surface area contributed by atoms with E-state index in [0.29, 0.717) is 22.5 Å². The van der Waals surface area contributed by atoms with Crippen LogP contribution in [0.5, 0.6) is 0 Å². The van der Waals surface area contributed by atoms with E-state index in [9.17, 15) is 14.4 Å². The minimum absolute atomic E-state index is 0.00312. The Morgan fingerprint density at radius 1 is 1.17 bits per heavy atom. The Hall–Kier alpha value is -2.98. The number of nitrogens with zero attached hydrogens (tertiary/aromatic N) is 2. The Balaban J connectivity index is 1.48. The number of hydrogen-bond donors (Lipinski definition) is 3. The summed E-state index contributed by atoms with van der Waals surface area (Å²) in [6.45, 7) is 2.35. The van der Waals surface area contributed by atoms with Gasteiger partial charge < -0.3 is 15.6 Å². The summed E-state index contributed by atoms with van der Waals surface area (Å²) in [7, 11) is 0. The van der Waals surface area contributed by atoms with Crippen LogP contribution >= 0.6 is 23.1 Å². The maximum Gasteiger partial charge on any atom is 0.251 e. The molecule has 0 saturated heterocycles. The van der Waals surface area contributed by atoms with E-state index < -0.39 is 0 Å². The number of carbonyl (C=O) groups excluding carboxylic acids is 2. The number of anilines is 1. The average molecular weight is 444 g/mol. The second-order valence-corrected chi connectivity index (χ2v) is 8.26. The number of rotatable bonds is 9. The highest BCUT2D eigenvalue weighted by molar-refractivity contribution is 7.99. The van der Waals surface area contributed by atoms with Crippen molar-refractivity contribution < 1.29 is 9.59 Å². The predicted octanol–water partition coefficient (Wildman–Crippen LogP) is 2.17. The smallest absolute Gasteiger partial charge is 0.251 e. The van der Waals surface area contributed by atoms with Crippen molar-refractivity contribution in [1.82, 2.24) is 20.3 Å². The standard InChI is InChI=1S/C20H21N5O3S2/c1-13-11-29-19(22-13)25-18(28)12-30-20-23-15(10-17(27)24-20)9-16(26)21-8-7-14-5-3-2-4-6-14/h2-6,10-11H,7-9,12H2,1H3,(H,21,26)(H,22,25,28)(H,23,24,27). The number of aromatic nitrogens is 3. The zero-order valence-corrected chi connectivity index (χ0v) is 17.9. The summed E-state index contributed by atoms with van der Waals surface area (Å²) in [6, 6.07) is 11.1. The minimum Gasteiger partial charge on any atom is -0.355 e. The summed E-state index contributed by atoms with van der Waals surface area (Å²) in [5.74, 6) is -0.396. The lowest BCUT2D eigenvalue weighted by molar-refractivity contribution is -0.120.